The Balaban J connectivity index is 1.93. The zero-order valence-corrected chi connectivity index (χ0v) is 16.1. The summed E-state index contributed by atoms with van der Waals surface area (Å²) in [6.07, 6.45) is -0.970. The van der Waals surface area contributed by atoms with Crippen LogP contribution in [0.1, 0.15) is 11.1 Å². The molecule has 28 heavy (non-hydrogen) atoms. The summed E-state index contributed by atoms with van der Waals surface area (Å²) in [4.78, 5) is 5.03. The second kappa shape index (κ2) is 7.05. The zero-order valence-electron chi connectivity index (χ0n) is 15.2. The largest absolute Gasteiger partial charge is 0.497 e. The number of alkyl halides is 3. The lowest BCUT2D eigenvalue weighted by Crippen LogP contribution is -2.12. The number of benzene rings is 2. The average Bonchev–Trinajstić information content (AvgIpc) is 3.00. The maximum atomic E-state index is 13.7. The van der Waals surface area contributed by atoms with Crippen LogP contribution in [0.15, 0.2) is 59.6 Å². The van der Waals surface area contributed by atoms with Crippen LogP contribution in [0.25, 0.3) is 21.9 Å². The van der Waals surface area contributed by atoms with Gasteiger partial charge in [-0.05, 0) is 54.3 Å². The Morgan fingerprint density at radius 1 is 1.07 bits per heavy atom. The molecule has 0 aliphatic heterocycles. The van der Waals surface area contributed by atoms with Crippen LogP contribution >= 0.6 is 11.8 Å². The van der Waals surface area contributed by atoms with E-state index in [1.807, 2.05) is 22.8 Å². The molecule has 2 aromatic heterocycles. The van der Waals surface area contributed by atoms with Gasteiger partial charge in [0.2, 0.25) is 0 Å². The molecule has 2 aromatic carbocycles. The number of pyridine rings is 1. The number of hydrogen-bond acceptors (Lipinski definition) is 3. The first-order valence-electron chi connectivity index (χ1n) is 8.57. The monoisotopic (exact) mass is 402 g/mol. The van der Waals surface area contributed by atoms with Gasteiger partial charge in [0.25, 0.3) is 0 Å². The van der Waals surface area contributed by atoms with Gasteiger partial charge in [-0.25, -0.2) is 0 Å². The SMILES string of the molecule is COc1ccc2c(c1)c1ncccc1n2Cc1ccc(SC)cc1C(F)(F)F. The standard InChI is InChI=1S/C21H17F3N2OS/c1-27-14-6-8-18-16(10-14)20-19(4-3-9-25-20)26(18)12-13-5-7-15(28-2)11-17(13)21(22,23)24/h3-11H,12H2,1-2H3. The summed E-state index contributed by atoms with van der Waals surface area (Å²) in [6.45, 7) is 0.0987. The fourth-order valence-electron chi connectivity index (χ4n) is 3.44. The molecule has 0 spiro atoms. The molecule has 2 heterocycles. The van der Waals surface area contributed by atoms with Crippen LogP contribution in [-0.2, 0) is 12.7 Å². The molecule has 0 aliphatic rings. The summed E-state index contributed by atoms with van der Waals surface area (Å²) in [7, 11) is 1.58. The van der Waals surface area contributed by atoms with E-state index in [4.69, 9.17) is 4.74 Å². The number of fused-ring (bicyclic) bond motifs is 3. The van der Waals surface area contributed by atoms with Crippen LogP contribution < -0.4 is 4.74 Å². The molecule has 0 N–H and O–H groups in total. The lowest BCUT2D eigenvalue weighted by molar-refractivity contribution is -0.138. The lowest BCUT2D eigenvalue weighted by atomic mass is 10.1. The fraction of sp³-hybridized carbons (Fsp3) is 0.190. The van der Waals surface area contributed by atoms with Gasteiger partial charge in [0.1, 0.15) is 5.75 Å². The first kappa shape index (κ1) is 18.7. The molecule has 144 valence electrons. The number of ether oxygens (including phenoxy) is 1. The highest BCUT2D eigenvalue weighted by Crippen LogP contribution is 2.37. The lowest BCUT2D eigenvalue weighted by Gasteiger charge is -2.16. The van der Waals surface area contributed by atoms with Gasteiger partial charge in [0.15, 0.2) is 0 Å². The first-order chi connectivity index (χ1) is 13.4. The third-order valence-corrected chi connectivity index (χ3v) is 5.50. The van der Waals surface area contributed by atoms with Crippen LogP contribution in [0.4, 0.5) is 13.2 Å². The summed E-state index contributed by atoms with van der Waals surface area (Å²) in [5.41, 5.74) is 1.96. The van der Waals surface area contributed by atoms with Crippen LogP contribution in [0.3, 0.4) is 0 Å². The van der Waals surface area contributed by atoms with Crippen molar-refractivity contribution in [3.05, 3.63) is 65.9 Å². The van der Waals surface area contributed by atoms with Crippen molar-refractivity contribution in [1.29, 1.82) is 0 Å². The van der Waals surface area contributed by atoms with Gasteiger partial charge in [0, 0.05) is 23.0 Å². The first-order valence-corrected chi connectivity index (χ1v) is 9.80. The number of methoxy groups -OCH3 is 1. The van der Waals surface area contributed by atoms with Crippen molar-refractivity contribution >= 4 is 33.7 Å². The van der Waals surface area contributed by atoms with Gasteiger partial charge in [-0.2, -0.15) is 13.2 Å². The van der Waals surface area contributed by atoms with E-state index in [1.165, 1.54) is 17.8 Å². The smallest absolute Gasteiger partial charge is 0.416 e. The van der Waals surface area contributed by atoms with Gasteiger partial charge in [-0.15, -0.1) is 11.8 Å². The van der Waals surface area contributed by atoms with Crippen LogP contribution in [0, 0.1) is 0 Å². The molecule has 0 bridgehead atoms. The van der Waals surface area contributed by atoms with Crippen molar-refractivity contribution in [3.8, 4) is 5.75 Å². The van der Waals surface area contributed by atoms with Crippen molar-refractivity contribution in [2.45, 2.75) is 17.6 Å². The Hall–Kier alpha value is -2.67. The molecule has 0 unspecified atom stereocenters. The molecule has 0 saturated heterocycles. The van der Waals surface area contributed by atoms with Crippen molar-refractivity contribution in [3.63, 3.8) is 0 Å². The molecular formula is C21H17F3N2OS. The number of halogens is 3. The average molecular weight is 402 g/mol. The van der Waals surface area contributed by atoms with Gasteiger partial charge in [-0.1, -0.05) is 6.07 Å². The molecule has 0 fully saturated rings. The summed E-state index contributed by atoms with van der Waals surface area (Å²) in [6, 6.07) is 13.7. The van der Waals surface area contributed by atoms with Crippen molar-refractivity contribution in [2.75, 3.05) is 13.4 Å². The highest BCUT2D eigenvalue weighted by atomic mass is 32.2. The maximum Gasteiger partial charge on any atom is 0.416 e. The molecule has 3 nitrogen and oxygen atoms in total. The van der Waals surface area contributed by atoms with E-state index in [9.17, 15) is 13.2 Å². The molecule has 4 rings (SSSR count). The van der Waals surface area contributed by atoms with E-state index >= 15 is 0 Å². The number of rotatable bonds is 4. The van der Waals surface area contributed by atoms with Crippen LogP contribution in [0.5, 0.6) is 5.75 Å². The van der Waals surface area contributed by atoms with E-state index in [0.717, 1.165) is 21.9 Å². The molecule has 0 saturated carbocycles. The molecule has 7 heteroatoms. The number of hydrogen-bond donors (Lipinski definition) is 0. The zero-order chi connectivity index (χ0) is 19.9. The van der Waals surface area contributed by atoms with Crippen LogP contribution in [-0.4, -0.2) is 22.9 Å². The quantitative estimate of drug-likeness (QED) is 0.393. The number of thioether (sulfide) groups is 1. The van der Waals surface area contributed by atoms with Gasteiger partial charge < -0.3 is 9.30 Å². The molecule has 0 atom stereocenters. The summed E-state index contributed by atoms with van der Waals surface area (Å²) >= 11 is 1.29. The van der Waals surface area contributed by atoms with Crippen molar-refractivity contribution in [2.24, 2.45) is 0 Å². The van der Waals surface area contributed by atoms with E-state index in [1.54, 1.807) is 43.8 Å². The normalized spacial score (nSPS) is 12.0. The highest BCUT2D eigenvalue weighted by molar-refractivity contribution is 7.98. The second-order valence-electron chi connectivity index (χ2n) is 6.36. The van der Waals surface area contributed by atoms with E-state index in [0.29, 0.717) is 10.6 Å². The highest BCUT2D eigenvalue weighted by Gasteiger charge is 2.33. The van der Waals surface area contributed by atoms with Crippen molar-refractivity contribution < 1.29 is 17.9 Å². The van der Waals surface area contributed by atoms with E-state index < -0.39 is 11.7 Å². The Bertz CT molecular complexity index is 1170. The minimum Gasteiger partial charge on any atom is -0.497 e. The van der Waals surface area contributed by atoms with Gasteiger partial charge >= 0.3 is 6.18 Å². The summed E-state index contributed by atoms with van der Waals surface area (Å²) < 4.78 is 48.2. The minimum absolute atomic E-state index is 0.0987. The van der Waals surface area contributed by atoms with Crippen molar-refractivity contribution in [1.82, 2.24) is 9.55 Å². The molecule has 0 radical (unpaired) electrons. The fourth-order valence-corrected chi connectivity index (χ4v) is 3.88. The molecule has 4 aromatic rings. The minimum atomic E-state index is -4.42. The Morgan fingerprint density at radius 2 is 1.89 bits per heavy atom. The number of nitrogens with zero attached hydrogens (tertiary/aromatic N) is 2. The summed E-state index contributed by atoms with van der Waals surface area (Å²) in [5.74, 6) is 0.678. The Kier molecular flexibility index (Phi) is 4.71. The third kappa shape index (κ3) is 3.20. The Labute approximate surface area is 164 Å². The van der Waals surface area contributed by atoms with Gasteiger partial charge in [-0.3, -0.25) is 4.98 Å². The van der Waals surface area contributed by atoms with Crippen LogP contribution in [0.2, 0.25) is 0 Å². The summed E-state index contributed by atoms with van der Waals surface area (Å²) in [5, 5.41) is 0.851. The Morgan fingerprint density at radius 3 is 2.61 bits per heavy atom. The van der Waals surface area contributed by atoms with E-state index in [-0.39, 0.29) is 12.1 Å². The predicted octanol–water partition coefficient (Wildman–Crippen LogP) is 5.99. The predicted molar refractivity (Wildman–Crippen MR) is 106 cm³/mol. The van der Waals surface area contributed by atoms with Gasteiger partial charge in [0.05, 0.1) is 29.2 Å². The molecular weight excluding hydrogens is 385 g/mol. The number of aromatic nitrogens is 2. The topological polar surface area (TPSA) is 27.1 Å². The second-order valence-corrected chi connectivity index (χ2v) is 7.24. The van der Waals surface area contributed by atoms with E-state index in [2.05, 4.69) is 4.98 Å². The third-order valence-electron chi connectivity index (χ3n) is 4.78. The molecule has 0 amide bonds. The maximum absolute atomic E-state index is 13.7. The molecule has 0 aliphatic carbocycles.